The van der Waals surface area contributed by atoms with E-state index in [9.17, 15) is 14.0 Å². The van der Waals surface area contributed by atoms with Gasteiger partial charge in [0.15, 0.2) is 0 Å². The van der Waals surface area contributed by atoms with E-state index in [0.29, 0.717) is 10.6 Å². The van der Waals surface area contributed by atoms with Crippen LogP contribution in [0.3, 0.4) is 0 Å². The van der Waals surface area contributed by atoms with E-state index < -0.39 is 23.3 Å². The Hall–Kier alpha value is -2.40. The number of halogens is 2. The molecule has 1 fully saturated rings. The van der Waals surface area contributed by atoms with Gasteiger partial charge in [0.1, 0.15) is 11.4 Å². The van der Waals surface area contributed by atoms with Crippen LogP contribution in [-0.2, 0) is 16.9 Å². The maximum absolute atomic E-state index is 13.8. The normalized spacial score (nSPS) is 20.7. The molecule has 118 valence electrons. The van der Waals surface area contributed by atoms with Crippen LogP contribution < -0.4 is 5.32 Å². The molecule has 0 radical (unpaired) electrons. The molecule has 1 unspecified atom stereocenters. The average Bonchev–Trinajstić information content (AvgIpc) is 2.74. The quantitative estimate of drug-likeness (QED) is 0.875. The summed E-state index contributed by atoms with van der Waals surface area (Å²) in [6, 6.07) is 12.3. The minimum Gasteiger partial charge on any atom is -0.319 e. The monoisotopic (exact) mass is 332 g/mol. The van der Waals surface area contributed by atoms with E-state index in [1.165, 1.54) is 6.07 Å². The van der Waals surface area contributed by atoms with Crippen LogP contribution in [0.4, 0.5) is 9.18 Å². The molecule has 3 amide bonds. The largest absolute Gasteiger partial charge is 0.325 e. The van der Waals surface area contributed by atoms with E-state index in [4.69, 9.17) is 11.6 Å². The third kappa shape index (κ3) is 2.57. The highest BCUT2D eigenvalue weighted by atomic mass is 35.5. The lowest BCUT2D eigenvalue weighted by Crippen LogP contribution is -2.41. The maximum atomic E-state index is 13.8. The van der Waals surface area contributed by atoms with Crippen molar-refractivity contribution in [1.82, 2.24) is 10.2 Å². The van der Waals surface area contributed by atoms with Crippen molar-refractivity contribution < 1.29 is 14.0 Å². The summed E-state index contributed by atoms with van der Waals surface area (Å²) in [5.41, 5.74) is -0.476. The van der Waals surface area contributed by atoms with Crippen LogP contribution in [0, 0.1) is 5.82 Å². The van der Waals surface area contributed by atoms with E-state index in [2.05, 4.69) is 5.32 Å². The van der Waals surface area contributed by atoms with Crippen molar-refractivity contribution >= 4 is 23.5 Å². The van der Waals surface area contributed by atoms with Gasteiger partial charge in [-0.3, -0.25) is 9.69 Å². The van der Waals surface area contributed by atoms with Crippen LogP contribution in [0.2, 0.25) is 5.02 Å². The third-order valence-corrected chi connectivity index (χ3v) is 4.30. The zero-order valence-electron chi connectivity index (χ0n) is 12.3. The molecule has 0 aliphatic carbocycles. The van der Waals surface area contributed by atoms with Gasteiger partial charge in [0, 0.05) is 16.1 Å². The molecule has 1 N–H and O–H groups in total. The minimum atomic E-state index is -1.26. The fourth-order valence-electron chi connectivity index (χ4n) is 2.69. The number of nitrogens with one attached hydrogen (secondary N) is 1. The second-order valence-electron chi connectivity index (χ2n) is 5.52. The van der Waals surface area contributed by atoms with Gasteiger partial charge in [-0.1, -0.05) is 48.0 Å². The van der Waals surface area contributed by atoms with Gasteiger partial charge >= 0.3 is 6.03 Å². The van der Waals surface area contributed by atoms with Gasteiger partial charge in [-0.2, -0.15) is 0 Å². The van der Waals surface area contributed by atoms with Crippen LogP contribution >= 0.6 is 11.6 Å². The minimum absolute atomic E-state index is 0.128. The third-order valence-electron chi connectivity index (χ3n) is 3.97. The number of hydrogen-bond acceptors (Lipinski definition) is 2. The molecule has 1 heterocycles. The van der Waals surface area contributed by atoms with Gasteiger partial charge in [0.25, 0.3) is 5.91 Å². The Morgan fingerprint density at radius 2 is 1.78 bits per heavy atom. The van der Waals surface area contributed by atoms with Gasteiger partial charge in [-0.05, 0) is 19.1 Å². The van der Waals surface area contributed by atoms with E-state index in [1.54, 1.807) is 49.4 Å². The molecular weight excluding hydrogens is 319 g/mol. The summed E-state index contributed by atoms with van der Waals surface area (Å²) in [7, 11) is 0. The summed E-state index contributed by atoms with van der Waals surface area (Å²) in [5.74, 6) is -0.918. The Morgan fingerprint density at radius 3 is 2.48 bits per heavy atom. The Morgan fingerprint density at radius 1 is 1.13 bits per heavy atom. The molecule has 2 aromatic rings. The Bertz CT molecular complexity index is 796. The zero-order chi connectivity index (χ0) is 16.6. The molecule has 0 saturated carbocycles. The zero-order valence-corrected chi connectivity index (χ0v) is 13.1. The fourth-order valence-corrected chi connectivity index (χ4v) is 3.01. The van der Waals surface area contributed by atoms with Crippen molar-refractivity contribution in [1.29, 1.82) is 0 Å². The molecule has 1 atom stereocenters. The number of rotatable bonds is 3. The maximum Gasteiger partial charge on any atom is 0.325 e. The van der Waals surface area contributed by atoms with Gasteiger partial charge < -0.3 is 5.32 Å². The second-order valence-corrected chi connectivity index (χ2v) is 5.92. The number of hydrogen-bond donors (Lipinski definition) is 1. The smallest absolute Gasteiger partial charge is 0.319 e. The molecule has 6 heteroatoms. The van der Waals surface area contributed by atoms with Gasteiger partial charge in [0.2, 0.25) is 0 Å². The summed E-state index contributed by atoms with van der Waals surface area (Å²) in [6.07, 6.45) is 0. The summed E-state index contributed by atoms with van der Waals surface area (Å²) in [6.45, 7) is 1.47. The number of carbonyl (C=O) groups is 2. The first-order valence-corrected chi connectivity index (χ1v) is 7.44. The van der Waals surface area contributed by atoms with E-state index in [1.807, 2.05) is 0 Å². The molecule has 1 aliphatic heterocycles. The van der Waals surface area contributed by atoms with Crippen molar-refractivity contribution in [2.45, 2.75) is 19.0 Å². The summed E-state index contributed by atoms with van der Waals surface area (Å²) in [5, 5.41) is 3.04. The molecule has 0 spiro atoms. The molecule has 3 rings (SSSR count). The lowest BCUT2D eigenvalue weighted by atomic mass is 9.92. The first-order chi connectivity index (χ1) is 10.9. The van der Waals surface area contributed by atoms with Crippen LogP contribution in [0.1, 0.15) is 18.1 Å². The first-order valence-electron chi connectivity index (χ1n) is 7.06. The topological polar surface area (TPSA) is 49.4 Å². The first kappa shape index (κ1) is 15.5. The van der Waals surface area contributed by atoms with E-state index in [0.717, 1.165) is 4.90 Å². The standard InChI is InChI=1S/C17H14ClFN2O2/c1-17(12-7-3-4-8-13(12)18)15(22)21(16(23)20-17)10-11-6-2-5-9-14(11)19/h2-9H,10H2,1H3,(H,20,23). The Labute approximate surface area is 137 Å². The van der Waals surface area contributed by atoms with Crippen LogP contribution in [0.5, 0.6) is 0 Å². The molecule has 23 heavy (non-hydrogen) atoms. The highest BCUT2D eigenvalue weighted by Crippen LogP contribution is 2.34. The number of nitrogens with zero attached hydrogens (tertiary/aromatic N) is 1. The van der Waals surface area contributed by atoms with Crippen molar-refractivity contribution in [2.75, 3.05) is 0 Å². The Balaban J connectivity index is 1.94. The fraction of sp³-hybridized carbons (Fsp3) is 0.176. The lowest BCUT2D eigenvalue weighted by molar-refractivity contribution is -0.131. The number of urea groups is 1. The predicted molar refractivity (Wildman–Crippen MR) is 84.3 cm³/mol. The highest BCUT2D eigenvalue weighted by Gasteiger charge is 2.49. The van der Waals surface area contributed by atoms with Gasteiger partial charge in [-0.25, -0.2) is 9.18 Å². The number of carbonyl (C=O) groups excluding carboxylic acids is 2. The molecule has 1 aliphatic rings. The molecule has 0 bridgehead atoms. The number of amides is 3. The van der Waals surface area contributed by atoms with Crippen LogP contribution in [0.25, 0.3) is 0 Å². The summed E-state index contributed by atoms with van der Waals surface area (Å²) < 4.78 is 13.8. The molecule has 0 aromatic heterocycles. The van der Waals surface area contributed by atoms with Gasteiger partial charge in [-0.15, -0.1) is 0 Å². The lowest BCUT2D eigenvalue weighted by Gasteiger charge is -2.23. The average molecular weight is 333 g/mol. The van der Waals surface area contributed by atoms with Crippen molar-refractivity contribution in [3.8, 4) is 0 Å². The second kappa shape index (κ2) is 5.66. The highest BCUT2D eigenvalue weighted by molar-refractivity contribution is 6.32. The molecular formula is C17H14ClFN2O2. The summed E-state index contributed by atoms with van der Waals surface area (Å²) in [4.78, 5) is 26.0. The van der Waals surface area contributed by atoms with Crippen molar-refractivity contribution in [3.05, 3.63) is 70.5 Å². The predicted octanol–water partition coefficient (Wildman–Crippen LogP) is 3.45. The Kier molecular flexibility index (Phi) is 3.82. The SMILES string of the molecule is CC1(c2ccccc2Cl)NC(=O)N(Cc2ccccc2F)C1=O. The van der Waals surface area contributed by atoms with Crippen molar-refractivity contribution in [3.63, 3.8) is 0 Å². The number of imide groups is 1. The van der Waals surface area contributed by atoms with E-state index in [-0.39, 0.29) is 12.1 Å². The van der Waals surface area contributed by atoms with E-state index >= 15 is 0 Å². The molecule has 1 saturated heterocycles. The summed E-state index contributed by atoms with van der Waals surface area (Å²) >= 11 is 6.16. The van der Waals surface area contributed by atoms with Crippen LogP contribution in [-0.4, -0.2) is 16.8 Å². The number of benzene rings is 2. The molecule has 2 aromatic carbocycles. The van der Waals surface area contributed by atoms with Gasteiger partial charge in [0.05, 0.1) is 6.54 Å². The molecule has 4 nitrogen and oxygen atoms in total. The van der Waals surface area contributed by atoms with Crippen LogP contribution in [0.15, 0.2) is 48.5 Å². The van der Waals surface area contributed by atoms with Crippen molar-refractivity contribution in [2.24, 2.45) is 0 Å².